The third-order valence-corrected chi connectivity index (χ3v) is 2.25. The van der Waals surface area contributed by atoms with Crippen molar-refractivity contribution >= 4 is 5.97 Å². The van der Waals surface area contributed by atoms with E-state index in [2.05, 4.69) is 5.16 Å². The first kappa shape index (κ1) is 11.5. The highest BCUT2D eigenvalue weighted by molar-refractivity contribution is 5.74. The van der Waals surface area contributed by atoms with Crippen molar-refractivity contribution in [3.8, 4) is 5.88 Å². The first-order valence-electron chi connectivity index (χ1n) is 4.31. The Labute approximate surface area is 86.4 Å². The lowest BCUT2D eigenvalue weighted by Gasteiger charge is -2.23. The van der Waals surface area contributed by atoms with E-state index in [0.29, 0.717) is 0 Å². The number of carboxylic acid groups (broad SMARTS) is 1. The molecular formula is C9H13NO5. The molecule has 0 aliphatic rings. The summed E-state index contributed by atoms with van der Waals surface area (Å²) in [6.45, 7) is 3.09. The van der Waals surface area contributed by atoms with Crippen molar-refractivity contribution in [2.75, 3.05) is 7.11 Å². The standard InChI is InChI=1S/C9H13NO5/c1-9(2,7(11)8(12)13)5-4-6(14-3)10-15-5/h4,7,11H,1-3H3,(H,12,13). The number of ether oxygens (including phenoxy) is 1. The van der Waals surface area contributed by atoms with Crippen molar-refractivity contribution in [2.24, 2.45) is 0 Å². The Bertz CT molecular complexity index is 357. The SMILES string of the molecule is COc1cc(C(C)(C)C(O)C(=O)O)on1. The van der Waals surface area contributed by atoms with Gasteiger partial charge in [-0.25, -0.2) is 4.79 Å². The summed E-state index contributed by atoms with van der Waals surface area (Å²) >= 11 is 0. The van der Waals surface area contributed by atoms with Crippen LogP contribution in [0.2, 0.25) is 0 Å². The summed E-state index contributed by atoms with van der Waals surface area (Å²) in [5.74, 6) is -0.805. The highest BCUT2D eigenvalue weighted by Crippen LogP contribution is 2.29. The molecule has 6 heteroatoms. The maximum Gasteiger partial charge on any atom is 0.333 e. The van der Waals surface area contributed by atoms with Crippen molar-refractivity contribution < 1.29 is 24.3 Å². The molecule has 2 N–H and O–H groups in total. The van der Waals surface area contributed by atoms with Gasteiger partial charge >= 0.3 is 5.97 Å². The Balaban J connectivity index is 2.99. The normalized spacial score (nSPS) is 13.6. The molecule has 0 aliphatic heterocycles. The third-order valence-electron chi connectivity index (χ3n) is 2.25. The minimum atomic E-state index is -1.56. The molecule has 84 valence electrons. The van der Waals surface area contributed by atoms with Crippen molar-refractivity contribution in [2.45, 2.75) is 25.4 Å². The molecule has 0 spiro atoms. The summed E-state index contributed by atoms with van der Waals surface area (Å²) in [5, 5.41) is 21.7. The highest BCUT2D eigenvalue weighted by Gasteiger charge is 2.38. The quantitative estimate of drug-likeness (QED) is 0.755. The van der Waals surface area contributed by atoms with E-state index in [1.54, 1.807) is 13.8 Å². The predicted molar refractivity (Wildman–Crippen MR) is 49.7 cm³/mol. The van der Waals surface area contributed by atoms with Gasteiger partial charge < -0.3 is 19.5 Å². The van der Waals surface area contributed by atoms with Crippen LogP contribution in [0, 0.1) is 0 Å². The van der Waals surface area contributed by atoms with E-state index in [0.717, 1.165) is 0 Å². The molecule has 0 saturated heterocycles. The molecule has 1 heterocycles. The molecule has 0 fully saturated rings. The van der Waals surface area contributed by atoms with E-state index in [9.17, 15) is 9.90 Å². The number of rotatable bonds is 4. The molecule has 1 rings (SSSR count). The zero-order valence-electron chi connectivity index (χ0n) is 8.72. The van der Waals surface area contributed by atoms with Crippen LogP contribution in [0.1, 0.15) is 19.6 Å². The van der Waals surface area contributed by atoms with Crippen LogP contribution >= 0.6 is 0 Å². The Kier molecular flexibility index (Phi) is 2.99. The number of aliphatic hydroxyl groups is 1. The Morgan fingerprint density at radius 2 is 2.27 bits per heavy atom. The van der Waals surface area contributed by atoms with Gasteiger partial charge in [0, 0.05) is 6.07 Å². The Hall–Kier alpha value is -1.56. The van der Waals surface area contributed by atoms with Crippen LogP contribution in [0.5, 0.6) is 5.88 Å². The van der Waals surface area contributed by atoms with E-state index in [-0.39, 0.29) is 11.6 Å². The number of aliphatic hydroxyl groups excluding tert-OH is 1. The minimum absolute atomic E-state index is 0.246. The largest absolute Gasteiger partial charge is 0.479 e. The molecule has 0 bridgehead atoms. The number of hydrogen-bond donors (Lipinski definition) is 2. The molecule has 0 amide bonds. The van der Waals surface area contributed by atoms with Gasteiger partial charge in [-0.3, -0.25) is 0 Å². The Morgan fingerprint density at radius 1 is 1.67 bits per heavy atom. The van der Waals surface area contributed by atoms with Gasteiger partial charge in [0.1, 0.15) is 5.76 Å². The molecule has 0 aromatic carbocycles. The zero-order chi connectivity index (χ0) is 11.6. The molecule has 6 nitrogen and oxygen atoms in total. The summed E-state index contributed by atoms with van der Waals surface area (Å²) < 4.78 is 9.69. The van der Waals surface area contributed by atoms with E-state index in [1.165, 1.54) is 13.2 Å². The topological polar surface area (TPSA) is 92.8 Å². The van der Waals surface area contributed by atoms with Gasteiger partial charge in [0.25, 0.3) is 5.88 Å². The zero-order valence-corrected chi connectivity index (χ0v) is 8.72. The van der Waals surface area contributed by atoms with Gasteiger partial charge in [-0.15, -0.1) is 0 Å². The van der Waals surface area contributed by atoms with E-state index < -0.39 is 17.5 Å². The lowest BCUT2D eigenvalue weighted by Crippen LogP contribution is -2.39. The average Bonchev–Trinajstić information content (AvgIpc) is 2.65. The number of aliphatic carboxylic acids is 1. The number of hydrogen-bond acceptors (Lipinski definition) is 5. The highest BCUT2D eigenvalue weighted by atomic mass is 16.5. The van der Waals surface area contributed by atoms with Crippen molar-refractivity contribution in [3.05, 3.63) is 11.8 Å². The molecule has 15 heavy (non-hydrogen) atoms. The first-order valence-corrected chi connectivity index (χ1v) is 4.31. The van der Waals surface area contributed by atoms with E-state index in [1.807, 2.05) is 0 Å². The second-order valence-electron chi connectivity index (χ2n) is 3.70. The van der Waals surface area contributed by atoms with Crippen LogP contribution in [0.15, 0.2) is 10.6 Å². The summed E-state index contributed by atoms with van der Waals surface area (Å²) in [5.41, 5.74) is -1.06. The van der Waals surface area contributed by atoms with Crippen LogP contribution in [-0.2, 0) is 10.2 Å². The van der Waals surface area contributed by atoms with Crippen LogP contribution in [0.4, 0.5) is 0 Å². The fourth-order valence-corrected chi connectivity index (χ4v) is 1.10. The van der Waals surface area contributed by atoms with Gasteiger partial charge in [-0.2, -0.15) is 0 Å². The maximum atomic E-state index is 10.7. The lowest BCUT2D eigenvalue weighted by molar-refractivity contribution is -0.150. The van der Waals surface area contributed by atoms with Crippen LogP contribution in [0.25, 0.3) is 0 Å². The van der Waals surface area contributed by atoms with E-state index >= 15 is 0 Å². The minimum Gasteiger partial charge on any atom is -0.479 e. The first-order chi connectivity index (χ1) is 6.89. The monoisotopic (exact) mass is 215 g/mol. The molecule has 0 aliphatic carbocycles. The average molecular weight is 215 g/mol. The van der Waals surface area contributed by atoms with Gasteiger partial charge in [-0.1, -0.05) is 0 Å². The number of carbonyl (C=O) groups is 1. The van der Waals surface area contributed by atoms with Crippen LogP contribution in [0.3, 0.4) is 0 Å². The molecular weight excluding hydrogens is 202 g/mol. The summed E-state index contributed by atoms with van der Waals surface area (Å²) in [6, 6.07) is 1.45. The molecule has 1 unspecified atom stereocenters. The van der Waals surface area contributed by atoms with Crippen LogP contribution < -0.4 is 4.74 Å². The van der Waals surface area contributed by atoms with Crippen LogP contribution in [-0.4, -0.2) is 34.6 Å². The number of carboxylic acids is 1. The maximum absolute atomic E-state index is 10.7. The fraction of sp³-hybridized carbons (Fsp3) is 0.556. The molecule has 1 aromatic heterocycles. The van der Waals surface area contributed by atoms with Crippen molar-refractivity contribution in [1.29, 1.82) is 0 Å². The van der Waals surface area contributed by atoms with E-state index in [4.69, 9.17) is 14.4 Å². The fourth-order valence-electron chi connectivity index (χ4n) is 1.10. The molecule has 0 radical (unpaired) electrons. The lowest BCUT2D eigenvalue weighted by atomic mass is 9.84. The van der Waals surface area contributed by atoms with Gasteiger partial charge in [-0.05, 0) is 19.0 Å². The molecule has 1 atom stereocenters. The smallest absolute Gasteiger partial charge is 0.333 e. The summed E-state index contributed by atoms with van der Waals surface area (Å²) in [6.07, 6.45) is -1.56. The van der Waals surface area contributed by atoms with Gasteiger partial charge in [0.15, 0.2) is 6.10 Å². The number of methoxy groups -OCH3 is 1. The summed E-state index contributed by atoms with van der Waals surface area (Å²) in [7, 11) is 1.42. The van der Waals surface area contributed by atoms with Crippen molar-refractivity contribution in [3.63, 3.8) is 0 Å². The number of aromatic nitrogens is 1. The summed E-state index contributed by atoms with van der Waals surface area (Å²) in [4.78, 5) is 10.7. The number of nitrogens with zero attached hydrogens (tertiary/aromatic N) is 1. The third kappa shape index (κ3) is 2.10. The molecule has 1 aromatic rings. The van der Waals surface area contributed by atoms with Crippen molar-refractivity contribution in [1.82, 2.24) is 5.16 Å². The Morgan fingerprint density at radius 3 is 2.67 bits per heavy atom. The molecule has 0 saturated carbocycles. The van der Waals surface area contributed by atoms with Gasteiger partial charge in [0.2, 0.25) is 0 Å². The second kappa shape index (κ2) is 3.90. The van der Waals surface area contributed by atoms with Gasteiger partial charge in [0.05, 0.1) is 12.5 Å². The predicted octanol–water partition coefficient (Wildman–Crippen LogP) is 0.406. The second-order valence-corrected chi connectivity index (χ2v) is 3.70.